The van der Waals surface area contributed by atoms with Crippen LogP contribution in [0, 0.1) is 15.9 Å². The molecule has 0 aliphatic rings. The van der Waals surface area contributed by atoms with Crippen molar-refractivity contribution in [3.63, 3.8) is 0 Å². The van der Waals surface area contributed by atoms with Crippen LogP contribution in [0.15, 0.2) is 32.3 Å². The summed E-state index contributed by atoms with van der Waals surface area (Å²) in [7, 11) is -4.18. The second-order valence-corrected chi connectivity index (χ2v) is 8.37. The fourth-order valence-corrected chi connectivity index (χ4v) is 4.89. The summed E-state index contributed by atoms with van der Waals surface area (Å²) in [5.74, 6) is -1.05. The average molecular weight is 416 g/mol. The zero-order chi connectivity index (χ0) is 15.8. The van der Waals surface area contributed by atoms with Crippen molar-refractivity contribution in [1.82, 2.24) is 0 Å². The molecule has 1 aromatic carbocycles. The van der Waals surface area contributed by atoms with E-state index in [0.717, 1.165) is 35.6 Å². The number of nitrogens with one attached hydrogen (secondary N) is 1. The van der Waals surface area contributed by atoms with Gasteiger partial charge in [0.25, 0.3) is 15.7 Å². The maximum atomic E-state index is 13.7. The summed E-state index contributed by atoms with van der Waals surface area (Å²) in [5.41, 5.74) is -1.40. The Hall–Kier alpha value is -1.23. The lowest BCUT2D eigenvalue weighted by molar-refractivity contribution is -0.384. The fourth-order valence-electron chi connectivity index (χ4n) is 1.41. The summed E-state index contributed by atoms with van der Waals surface area (Å²) in [6, 6.07) is 4.19. The largest absolute Gasteiger partial charge is 0.296 e. The Labute approximate surface area is 135 Å². The van der Waals surface area contributed by atoms with Gasteiger partial charge < -0.3 is 0 Å². The van der Waals surface area contributed by atoms with Gasteiger partial charge in [0.15, 0.2) is 11.5 Å². The number of halogens is 3. The Morgan fingerprint density at radius 2 is 2.10 bits per heavy atom. The Balaban J connectivity index is 2.49. The maximum Gasteiger partial charge on any atom is 0.296 e. The highest BCUT2D eigenvalue weighted by atomic mass is 79.9. The molecule has 0 bridgehead atoms. The highest BCUT2D eigenvalue weighted by Crippen LogP contribution is 2.36. The van der Waals surface area contributed by atoms with Gasteiger partial charge in [0, 0.05) is 6.07 Å². The van der Waals surface area contributed by atoms with Crippen molar-refractivity contribution in [2.75, 3.05) is 4.72 Å². The number of hydrogen-bond acceptors (Lipinski definition) is 5. The van der Waals surface area contributed by atoms with Gasteiger partial charge in [-0.1, -0.05) is 17.7 Å². The quantitative estimate of drug-likeness (QED) is 0.603. The number of hydrogen-bond donors (Lipinski definition) is 1. The van der Waals surface area contributed by atoms with E-state index in [0.29, 0.717) is 3.79 Å². The van der Waals surface area contributed by atoms with Gasteiger partial charge in [-0.3, -0.25) is 14.8 Å². The molecule has 0 radical (unpaired) electrons. The average Bonchev–Trinajstić information content (AvgIpc) is 2.72. The maximum absolute atomic E-state index is 13.7. The molecule has 1 aromatic heterocycles. The number of para-hydroxylation sites is 1. The molecule has 0 saturated heterocycles. The molecule has 0 atom stereocenters. The van der Waals surface area contributed by atoms with E-state index in [1.165, 1.54) is 0 Å². The van der Waals surface area contributed by atoms with Crippen molar-refractivity contribution in [2.45, 2.75) is 4.21 Å². The molecule has 0 aliphatic heterocycles. The van der Waals surface area contributed by atoms with Gasteiger partial charge in [-0.05, 0) is 28.1 Å². The third-order valence-corrected chi connectivity index (χ3v) is 6.61. The monoisotopic (exact) mass is 414 g/mol. The zero-order valence-corrected chi connectivity index (χ0v) is 13.8. The number of rotatable bonds is 4. The van der Waals surface area contributed by atoms with E-state index in [4.69, 9.17) is 11.6 Å². The van der Waals surface area contributed by atoms with E-state index in [1.807, 2.05) is 4.72 Å². The van der Waals surface area contributed by atoms with Gasteiger partial charge in [0.05, 0.1) is 13.7 Å². The molecule has 0 spiro atoms. The molecule has 0 saturated carbocycles. The van der Waals surface area contributed by atoms with Crippen molar-refractivity contribution in [3.05, 3.63) is 49.0 Å². The molecular weight excluding hydrogens is 411 g/mol. The van der Waals surface area contributed by atoms with Crippen molar-refractivity contribution in [3.8, 4) is 0 Å². The second-order valence-electron chi connectivity index (χ2n) is 3.68. The molecule has 11 heteroatoms. The molecule has 112 valence electrons. The SMILES string of the molecule is O=[N+]([O-])c1cccc(F)c1NS(=O)(=O)c1cc(Cl)c(Br)s1. The first-order valence-corrected chi connectivity index (χ1v) is 8.60. The second kappa shape index (κ2) is 5.87. The van der Waals surface area contributed by atoms with E-state index in [-0.39, 0.29) is 9.23 Å². The predicted octanol–water partition coefficient (Wildman–Crippen LogP) is 4.01. The predicted molar refractivity (Wildman–Crippen MR) is 80.9 cm³/mol. The lowest BCUT2D eigenvalue weighted by atomic mass is 10.2. The van der Waals surface area contributed by atoms with E-state index in [2.05, 4.69) is 15.9 Å². The summed E-state index contributed by atoms with van der Waals surface area (Å²) >= 11 is 9.60. The van der Waals surface area contributed by atoms with Crippen LogP contribution in [0.4, 0.5) is 15.8 Å². The van der Waals surface area contributed by atoms with Gasteiger partial charge >= 0.3 is 0 Å². The third kappa shape index (κ3) is 3.34. The van der Waals surface area contributed by atoms with Crippen LogP contribution < -0.4 is 4.72 Å². The molecule has 0 amide bonds. The molecule has 0 aliphatic carbocycles. The Kier molecular flexibility index (Phi) is 4.51. The van der Waals surface area contributed by atoms with Crippen molar-refractivity contribution < 1.29 is 17.7 Å². The van der Waals surface area contributed by atoms with Crippen LogP contribution in [0.1, 0.15) is 0 Å². The first kappa shape index (κ1) is 16.1. The molecule has 1 N–H and O–H groups in total. The fraction of sp³-hybridized carbons (Fsp3) is 0. The van der Waals surface area contributed by atoms with Crippen LogP contribution in [0.5, 0.6) is 0 Å². The van der Waals surface area contributed by atoms with Crippen LogP contribution in [0.3, 0.4) is 0 Å². The topological polar surface area (TPSA) is 89.3 Å². The number of sulfonamides is 1. The van der Waals surface area contributed by atoms with E-state index in [9.17, 15) is 22.9 Å². The Morgan fingerprint density at radius 3 is 2.62 bits per heavy atom. The van der Waals surface area contributed by atoms with Crippen LogP contribution in [-0.4, -0.2) is 13.3 Å². The number of thiophene rings is 1. The first-order chi connectivity index (χ1) is 9.72. The standard InChI is InChI=1S/C10H5BrClFN2O4S2/c11-10-5(12)4-8(20-10)21(18,19)14-9-6(13)2-1-3-7(9)15(16)17/h1-4,14H. The number of nitro groups is 1. The molecule has 0 unspecified atom stereocenters. The molecular formula is C10H5BrClFN2O4S2. The lowest BCUT2D eigenvalue weighted by Crippen LogP contribution is -2.14. The van der Waals surface area contributed by atoms with Crippen molar-refractivity contribution in [2.24, 2.45) is 0 Å². The van der Waals surface area contributed by atoms with Crippen LogP contribution >= 0.6 is 38.9 Å². The minimum absolute atomic E-state index is 0.170. The lowest BCUT2D eigenvalue weighted by Gasteiger charge is -2.07. The highest BCUT2D eigenvalue weighted by Gasteiger charge is 2.26. The third-order valence-electron chi connectivity index (χ3n) is 2.31. The normalized spacial score (nSPS) is 11.4. The number of benzene rings is 1. The zero-order valence-electron chi connectivity index (χ0n) is 9.84. The van der Waals surface area contributed by atoms with Gasteiger partial charge in [-0.25, -0.2) is 12.8 Å². The van der Waals surface area contributed by atoms with E-state index < -0.39 is 32.1 Å². The van der Waals surface area contributed by atoms with Gasteiger partial charge in [0.1, 0.15) is 4.21 Å². The number of anilines is 1. The van der Waals surface area contributed by atoms with E-state index >= 15 is 0 Å². The summed E-state index contributed by atoms with van der Waals surface area (Å²) in [4.78, 5) is 9.96. The smallest absolute Gasteiger partial charge is 0.270 e. The van der Waals surface area contributed by atoms with Crippen LogP contribution in [0.2, 0.25) is 5.02 Å². The molecule has 2 rings (SSSR count). The minimum Gasteiger partial charge on any atom is -0.270 e. The summed E-state index contributed by atoms with van der Waals surface area (Å²) in [6.07, 6.45) is 0. The molecule has 6 nitrogen and oxygen atoms in total. The summed E-state index contributed by atoms with van der Waals surface area (Å²) < 4.78 is 40.0. The van der Waals surface area contributed by atoms with Gasteiger partial charge in [-0.2, -0.15) is 0 Å². The van der Waals surface area contributed by atoms with Crippen molar-refractivity contribution >= 4 is 60.3 Å². The summed E-state index contributed by atoms with van der Waals surface area (Å²) in [5, 5.41) is 11.0. The first-order valence-electron chi connectivity index (χ1n) is 5.13. The van der Waals surface area contributed by atoms with E-state index in [1.54, 1.807) is 0 Å². The number of nitro benzene ring substituents is 1. The number of nitrogens with zero attached hydrogens (tertiary/aromatic N) is 1. The van der Waals surface area contributed by atoms with Gasteiger partial charge in [0.2, 0.25) is 0 Å². The van der Waals surface area contributed by atoms with Crippen LogP contribution in [0.25, 0.3) is 0 Å². The molecule has 2 aromatic rings. The molecule has 0 fully saturated rings. The van der Waals surface area contributed by atoms with Gasteiger partial charge in [-0.15, -0.1) is 11.3 Å². The molecule has 21 heavy (non-hydrogen) atoms. The Bertz CT molecular complexity index is 805. The Morgan fingerprint density at radius 1 is 1.43 bits per heavy atom. The minimum atomic E-state index is -4.18. The van der Waals surface area contributed by atoms with Crippen molar-refractivity contribution in [1.29, 1.82) is 0 Å². The highest BCUT2D eigenvalue weighted by molar-refractivity contribution is 9.11. The molecule has 1 heterocycles. The summed E-state index contributed by atoms with van der Waals surface area (Å²) in [6.45, 7) is 0. The van der Waals surface area contributed by atoms with Crippen LogP contribution in [-0.2, 0) is 10.0 Å².